The number of nitrogens with one attached hydrogen (secondary N) is 1. The highest BCUT2D eigenvalue weighted by atomic mass is 32.1. The van der Waals surface area contributed by atoms with Crippen LogP contribution >= 0.6 is 11.3 Å². The van der Waals surface area contributed by atoms with Gasteiger partial charge in [0.2, 0.25) is 0 Å². The first kappa shape index (κ1) is 19.4. The Labute approximate surface area is 177 Å². The molecule has 0 atom stereocenters. The lowest BCUT2D eigenvalue weighted by molar-refractivity contribution is -0.112. The van der Waals surface area contributed by atoms with Gasteiger partial charge in [0.25, 0.3) is 5.91 Å². The van der Waals surface area contributed by atoms with Crippen LogP contribution in [-0.4, -0.2) is 17.5 Å². The van der Waals surface area contributed by atoms with E-state index in [2.05, 4.69) is 10.3 Å². The third-order valence-corrected chi connectivity index (χ3v) is 5.26. The highest BCUT2D eigenvalue weighted by molar-refractivity contribution is 7.21. The van der Waals surface area contributed by atoms with Gasteiger partial charge in [0.1, 0.15) is 23.2 Å². The molecule has 30 heavy (non-hydrogen) atoms. The standard InChI is InChI=1S/C23H17N3O3S/c1-2-28-17-9-7-16(8-10-17)25-22(27)15(14-24)13-18-11-12-20(29-18)23-26-19-5-3-4-6-21(19)30-23/h3-13H,2H2,1H3,(H,25,27). The van der Waals surface area contributed by atoms with Crippen LogP contribution in [-0.2, 0) is 4.79 Å². The molecule has 0 bridgehead atoms. The molecule has 1 N–H and O–H groups in total. The number of carbonyl (C=O) groups is 1. The van der Waals surface area contributed by atoms with Crippen molar-refractivity contribution >= 4 is 39.2 Å². The number of rotatable bonds is 6. The number of benzene rings is 2. The van der Waals surface area contributed by atoms with Gasteiger partial charge in [0.05, 0.1) is 16.8 Å². The predicted molar refractivity (Wildman–Crippen MR) is 117 cm³/mol. The molecule has 4 rings (SSSR count). The third kappa shape index (κ3) is 4.24. The van der Waals surface area contributed by atoms with Gasteiger partial charge in [0.15, 0.2) is 10.8 Å². The minimum Gasteiger partial charge on any atom is -0.494 e. The predicted octanol–water partition coefficient (Wildman–Crippen LogP) is 5.50. The van der Waals surface area contributed by atoms with Gasteiger partial charge in [-0.2, -0.15) is 5.26 Å². The van der Waals surface area contributed by atoms with Crippen molar-refractivity contribution in [3.8, 4) is 22.6 Å². The highest BCUT2D eigenvalue weighted by Crippen LogP contribution is 2.31. The van der Waals surface area contributed by atoms with Gasteiger partial charge < -0.3 is 14.5 Å². The SMILES string of the molecule is CCOc1ccc(NC(=O)C(C#N)=Cc2ccc(-c3nc4ccccc4s3)o2)cc1. The van der Waals surface area contributed by atoms with E-state index in [9.17, 15) is 10.1 Å². The second-order valence-corrected chi connectivity index (χ2v) is 7.30. The van der Waals surface area contributed by atoms with E-state index in [1.807, 2.05) is 37.3 Å². The van der Waals surface area contributed by atoms with Crippen LogP contribution in [0.3, 0.4) is 0 Å². The highest BCUT2D eigenvalue weighted by Gasteiger charge is 2.13. The van der Waals surface area contributed by atoms with E-state index >= 15 is 0 Å². The molecule has 0 aliphatic heterocycles. The second kappa shape index (κ2) is 8.64. The van der Waals surface area contributed by atoms with Gasteiger partial charge in [-0.3, -0.25) is 4.79 Å². The van der Waals surface area contributed by atoms with Crippen molar-refractivity contribution in [3.63, 3.8) is 0 Å². The molecule has 4 aromatic rings. The van der Waals surface area contributed by atoms with Gasteiger partial charge in [-0.1, -0.05) is 12.1 Å². The Morgan fingerprint density at radius 1 is 1.20 bits per heavy atom. The molecule has 2 heterocycles. The zero-order chi connectivity index (χ0) is 20.9. The molecule has 0 aliphatic rings. The van der Waals surface area contributed by atoms with E-state index in [-0.39, 0.29) is 5.57 Å². The average molecular weight is 415 g/mol. The number of furan rings is 1. The summed E-state index contributed by atoms with van der Waals surface area (Å²) in [6.45, 7) is 2.46. The number of amides is 1. The molecule has 0 spiro atoms. The summed E-state index contributed by atoms with van der Waals surface area (Å²) in [7, 11) is 0. The number of para-hydroxylation sites is 1. The summed E-state index contributed by atoms with van der Waals surface area (Å²) in [6.07, 6.45) is 1.42. The number of aromatic nitrogens is 1. The Balaban J connectivity index is 1.51. The van der Waals surface area contributed by atoms with E-state index < -0.39 is 5.91 Å². The molecular formula is C23H17N3O3S. The van der Waals surface area contributed by atoms with Crippen molar-refractivity contribution in [1.82, 2.24) is 4.98 Å². The molecule has 0 saturated carbocycles. The van der Waals surface area contributed by atoms with E-state index in [1.165, 1.54) is 17.4 Å². The summed E-state index contributed by atoms with van der Waals surface area (Å²) in [5, 5.41) is 12.9. The largest absolute Gasteiger partial charge is 0.494 e. The van der Waals surface area contributed by atoms with Gasteiger partial charge in [-0.25, -0.2) is 4.98 Å². The molecule has 148 valence electrons. The van der Waals surface area contributed by atoms with Crippen LogP contribution in [0.4, 0.5) is 5.69 Å². The molecule has 7 heteroatoms. The number of hydrogen-bond donors (Lipinski definition) is 1. The molecule has 2 aromatic carbocycles. The Hall–Kier alpha value is -3.89. The van der Waals surface area contributed by atoms with Crippen LogP contribution in [0.25, 0.3) is 27.1 Å². The zero-order valence-corrected chi connectivity index (χ0v) is 16.9. The maximum absolute atomic E-state index is 12.5. The van der Waals surface area contributed by atoms with Gasteiger partial charge in [0, 0.05) is 11.8 Å². The number of ether oxygens (including phenoxy) is 1. The first-order chi connectivity index (χ1) is 14.7. The Kier molecular flexibility index (Phi) is 5.59. The van der Waals surface area contributed by atoms with Crippen molar-refractivity contribution in [2.24, 2.45) is 0 Å². The van der Waals surface area contributed by atoms with Crippen molar-refractivity contribution in [2.45, 2.75) is 6.92 Å². The number of anilines is 1. The topological polar surface area (TPSA) is 88.1 Å². The minimum absolute atomic E-state index is 0.0610. The molecule has 0 fully saturated rings. The van der Waals surface area contributed by atoms with Crippen molar-refractivity contribution in [1.29, 1.82) is 5.26 Å². The Bertz CT molecular complexity index is 1230. The zero-order valence-electron chi connectivity index (χ0n) is 16.1. The van der Waals surface area contributed by atoms with Crippen LogP contribution < -0.4 is 10.1 Å². The van der Waals surface area contributed by atoms with E-state index in [1.54, 1.807) is 36.4 Å². The summed E-state index contributed by atoms with van der Waals surface area (Å²) in [5.74, 6) is 1.19. The van der Waals surface area contributed by atoms with Crippen LogP contribution in [0.2, 0.25) is 0 Å². The van der Waals surface area contributed by atoms with E-state index in [0.29, 0.717) is 29.6 Å². The monoisotopic (exact) mass is 415 g/mol. The smallest absolute Gasteiger partial charge is 0.266 e. The number of nitriles is 1. The van der Waals surface area contributed by atoms with Crippen molar-refractivity contribution in [2.75, 3.05) is 11.9 Å². The summed E-state index contributed by atoms with van der Waals surface area (Å²) < 4.78 is 12.2. The average Bonchev–Trinajstić information content (AvgIpc) is 3.40. The summed E-state index contributed by atoms with van der Waals surface area (Å²) in [4.78, 5) is 17.0. The lowest BCUT2D eigenvalue weighted by Crippen LogP contribution is -2.13. The molecule has 0 radical (unpaired) electrons. The van der Waals surface area contributed by atoms with E-state index in [0.717, 1.165) is 15.2 Å². The number of thiazole rings is 1. The maximum Gasteiger partial charge on any atom is 0.266 e. The minimum atomic E-state index is -0.514. The maximum atomic E-state index is 12.5. The van der Waals surface area contributed by atoms with Crippen LogP contribution in [0, 0.1) is 11.3 Å². The van der Waals surface area contributed by atoms with Crippen molar-refractivity contribution < 1.29 is 13.9 Å². The lowest BCUT2D eigenvalue weighted by atomic mass is 10.2. The van der Waals surface area contributed by atoms with Gasteiger partial charge in [-0.05, 0) is 55.5 Å². The van der Waals surface area contributed by atoms with E-state index in [4.69, 9.17) is 9.15 Å². The number of carbonyl (C=O) groups excluding carboxylic acids is 1. The molecule has 1 amide bonds. The van der Waals surface area contributed by atoms with Crippen LogP contribution in [0.15, 0.2) is 70.7 Å². The summed E-state index contributed by atoms with van der Waals surface area (Å²) in [6, 6.07) is 20.2. The Morgan fingerprint density at radius 2 is 2.00 bits per heavy atom. The third-order valence-electron chi connectivity index (χ3n) is 4.21. The van der Waals surface area contributed by atoms with Crippen LogP contribution in [0.5, 0.6) is 5.75 Å². The molecule has 0 unspecified atom stereocenters. The first-order valence-electron chi connectivity index (χ1n) is 9.28. The van der Waals surface area contributed by atoms with Gasteiger partial charge >= 0.3 is 0 Å². The molecular weight excluding hydrogens is 398 g/mol. The molecule has 6 nitrogen and oxygen atoms in total. The van der Waals surface area contributed by atoms with Crippen molar-refractivity contribution in [3.05, 3.63) is 72.0 Å². The summed E-state index contributed by atoms with van der Waals surface area (Å²) >= 11 is 1.52. The number of hydrogen-bond acceptors (Lipinski definition) is 6. The summed E-state index contributed by atoms with van der Waals surface area (Å²) in [5.41, 5.74) is 1.41. The molecule has 0 saturated heterocycles. The second-order valence-electron chi connectivity index (χ2n) is 6.27. The normalized spacial score (nSPS) is 11.3. The fourth-order valence-corrected chi connectivity index (χ4v) is 3.74. The number of nitrogens with zero attached hydrogens (tertiary/aromatic N) is 2. The van der Waals surface area contributed by atoms with Crippen LogP contribution in [0.1, 0.15) is 12.7 Å². The fraction of sp³-hybridized carbons (Fsp3) is 0.0870. The molecule has 2 aromatic heterocycles. The molecule has 0 aliphatic carbocycles. The quantitative estimate of drug-likeness (QED) is 0.332. The number of fused-ring (bicyclic) bond motifs is 1. The fourth-order valence-electron chi connectivity index (χ4n) is 2.81. The lowest BCUT2D eigenvalue weighted by Gasteiger charge is -2.06. The van der Waals surface area contributed by atoms with Gasteiger partial charge in [-0.15, -0.1) is 11.3 Å². The first-order valence-corrected chi connectivity index (χ1v) is 10.1. The Morgan fingerprint density at radius 3 is 2.73 bits per heavy atom.